The Hall–Kier alpha value is -1.95. The molecule has 3 N–H and O–H groups in total. The van der Waals surface area contributed by atoms with Crippen LogP contribution in [0.2, 0.25) is 0 Å². The lowest BCUT2D eigenvalue weighted by molar-refractivity contribution is -0.144. The molecule has 0 aliphatic rings. The van der Waals surface area contributed by atoms with Gasteiger partial charge in [0.15, 0.2) is 0 Å². The van der Waals surface area contributed by atoms with E-state index in [0.717, 1.165) is 11.1 Å². The van der Waals surface area contributed by atoms with Crippen LogP contribution in [0.25, 0.3) is 0 Å². The van der Waals surface area contributed by atoms with Crippen LogP contribution >= 0.6 is 12.2 Å². The largest absolute Gasteiger partial charge is 0.467 e. The average molecular weight is 280 g/mol. The van der Waals surface area contributed by atoms with Gasteiger partial charge in [-0.05, 0) is 12.5 Å². The van der Waals surface area contributed by atoms with Crippen molar-refractivity contribution >= 4 is 29.1 Å². The van der Waals surface area contributed by atoms with Crippen LogP contribution in [-0.2, 0) is 20.7 Å². The van der Waals surface area contributed by atoms with E-state index in [1.165, 1.54) is 7.11 Å². The Morgan fingerprint density at radius 1 is 1.37 bits per heavy atom. The highest BCUT2D eigenvalue weighted by atomic mass is 32.1. The van der Waals surface area contributed by atoms with E-state index < -0.39 is 12.0 Å². The van der Waals surface area contributed by atoms with Crippen molar-refractivity contribution in [2.45, 2.75) is 19.4 Å². The second-order valence-electron chi connectivity index (χ2n) is 4.05. The fraction of sp³-hybridized carbons (Fsp3) is 0.308. The first-order chi connectivity index (χ1) is 8.93. The third kappa shape index (κ3) is 4.67. The number of thiocarbonyl (C=S) groups is 1. The van der Waals surface area contributed by atoms with Gasteiger partial charge in [0.1, 0.15) is 11.0 Å². The summed E-state index contributed by atoms with van der Waals surface area (Å²) in [7, 11) is 1.28. The molecule has 0 spiro atoms. The van der Waals surface area contributed by atoms with Gasteiger partial charge >= 0.3 is 5.97 Å². The predicted molar refractivity (Wildman–Crippen MR) is 75.7 cm³/mol. The first kappa shape index (κ1) is 15.1. The Balaban J connectivity index is 2.57. The molecule has 0 aliphatic carbocycles. The smallest absolute Gasteiger partial charge is 0.328 e. The van der Waals surface area contributed by atoms with E-state index in [4.69, 9.17) is 18.0 Å². The van der Waals surface area contributed by atoms with Crippen LogP contribution in [0.3, 0.4) is 0 Å². The first-order valence-corrected chi connectivity index (χ1v) is 6.10. The molecule has 5 nitrogen and oxygen atoms in total. The van der Waals surface area contributed by atoms with Crippen molar-refractivity contribution in [1.82, 2.24) is 5.32 Å². The lowest BCUT2D eigenvalue weighted by Gasteiger charge is -2.11. The van der Waals surface area contributed by atoms with Crippen LogP contribution in [0, 0.1) is 0 Å². The number of hydrogen-bond donors (Lipinski definition) is 2. The maximum absolute atomic E-state index is 11.7. The van der Waals surface area contributed by atoms with Gasteiger partial charge in [0.05, 0.1) is 13.5 Å². The van der Waals surface area contributed by atoms with Gasteiger partial charge in [-0.2, -0.15) is 0 Å². The monoisotopic (exact) mass is 280 g/mol. The standard InChI is InChI=1S/C13H16N2O3S/c1-8(13(17)18-2)15-11(16)7-9-3-5-10(6-4-9)12(14)19/h3-6,8H,7H2,1-2H3,(H2,14,19)(H,15,16). The van der Waals surface area contributed by atoms with E-state index in [9.17, 15) is 9.59 Å². The summed E-state index contributed by atoms with van der Waals surface area (Å²) in [5.41, 5.74) is 7.05. The molecule has 1 unspecified atom stereocenters. The van der Waals surface area contributed by atoms with E-state index in [1.807, 2.05) is 0 Å². The summed E-state index contributed by atoms with van der Waals surface area (Å²) in [6.45, 7) is 1.57. The molecular formula is C13H16N2O3S. The zero-order valence-corrected chi connectivity index (χ0v) is 11.6. The van der Waals surface area contributed by atoms with Gasteiger partial charge in [-0.15, -0.1) is 0 Å². The number of benzene rings is 1. The molecule has 0 saturated heterocycles. The summed E-state index contributed by atoms with van der Waals surface area (Å²) in [5, 5.41) is 2.55. The van der Waals surface area contributed by atoms with Crippen molar-refractivity contribution in [3.8, 4) is 0 Å². The van der Waals surface area contributed by atoms with E-state index in [1.54, 1.807) is 31.2 Å². The Labute approximate surface area is 117 Å². The number of ether oxygens (including phenoxy) is 1. The summed E-state index contributed by atoms with van der Waals surface area (Å²) >= 11 is 4.84. The number of nitrogens with one attached hydrogen (secondary N) is 1. The molecule has 0 bridgehead atoms. The van der Waals surface area contributed by atoms with E-state index in [-0.39, 0.29) is 12.3 Å². The van der Waals surface area contributed by atoms with E-state index in [2.05, 4.69) is 10.1 Å². The SMILES string of the molecule is COC(=O)C(C)NC(=O)Cc1ccc(C(N)=S)cc1. The Morgan fingerprint density at radius 2 is 1.95 bits per heavy atom. The Bertz CT molecular complexity index is 485. The lowest BCUT2D eigenvalue weighted by atomic mass is 10.1. The van der Waals surface area contributed by atoms with Crippen LogP contribution in [0.4, 0.5) is 0 Å². The minimum atomic E-state index is -0.659. The topological polar surface area (TPSA) is 81.4 Å². The van der Waals surface area contributed by atoms with E-state index >= 15 is 0 Å². The number of esters is 1. The van der Waals surface area contributed by atoms with Gasteiger partial charge in [-0.25, -0.2) is 4.79 Å². The second-order valence-corrected chi connectivity index (χ2v) is 4.49. The predicted octanol–water partition coefficient (Wildman–Crippen LogP) is 0.541. The number of amides is 1. The normalized spacial score (nSPS) is 11.5. The number of rotatable bonds is 5. The summed E-state index contributed by atoms with van der Waals surface area (Å²) < 4.78 is 4.52. The first-order valence-electron chi connectivity index (χ1n) is 5.70. The molecule has 0 heterocycles. The molecule has 0 aliphatic heterocycles. The molecule has 102 valence electrons. The van der Waals surface area contributed by atoms with Crippen LogP contribution in [0.5, 0.6) is 0 Å². The number of nitrogens with two attached hydrogens (primary N) is 1. The molecule has 1 atom stereocenters. The number of carbonyl (C=O) groups excluding carboxylic acids is 2. The summed E-state index contributed by atoms with van der Waals surface area (Å²) in [5.74, 6) is -0.724. The third-order valence-electron chi connectivity index (χ3n) is 2.54. The molecule has 1 amide bonds. The van der Waals surface area contributed by atoms with Gasteiger partial charge in [0, 0.05) is 5.56 Å². The highest BCUT2D eigenvalue weighted by Gasteiger charge is 2.15. The fourth-order valence-corrected chi connectivity index (χ4v) is 1.64. The van der Waals surface area contributed by atoms with Crippen LogP contribution < -0.4 is 11.1 Å². The molecule has 1 aromatic carbocycles. The molecule has 1 rings (SSSR count). The minimum Gasteiger partial charge on any atom is -0.467 e. The van der Waals surface area contributed by atoms with Crippen molar-refractivity contribution in [2.24, 2.45) is 5.73 Å². The fourth-order valence-electron chi connectivity index (χ4n) is 1.50. The summed E-state index contributed by atoms with van der Waals surface area (Å²) in [4.78, 5) is 23.2. The second kappa shape index (κ2) is 6.84. The van der Waals surface area contributed by atoms with Crippen molar-refractivity contribution < 1.29 is 14.3 Å². The Kier molecular flexibility index (Phi) is 5.44. The molecule has 0 aromatic heterocycles. The third-order valence-corrected chi connectivity index (χ3v) is 2.77. The number of carbonyl (C=O) groups is 2. The maximum Gasteiger partial charge on any atom is 0.328 e. The molecule has 0 fully saturated rings. The number of methoxy groups -OCH3 is 1. The van der Waals surface area contributed by atoms with E-state index in [0.29, 0.717) is 4.99 Å². The highest BCUT2D eigenvalue weighted by molar-refractivity contribution is 7.80. The lowest BCUT2D eigenvalue weighted by Crippen LogP contribution is -2.39. The molecule has 19 heavy (non-hydrogen) atoms. The molecule has 6 heteroatoms. The zero-order valence-electron chi connectivity index (χ0n) is 10.8. The van der Waals surface area contributed by atoms with Crippen molar-refractivity contribution in [3.63, 3.8) is 0 Å². The summed E-state index contributed by atoms with van der Waals surface area (Å²) in [6.07, 6.45) is 0.180. The van der Waals surface area contributed by atoms with Gasteiger partial charge in [0.2, 0.25) is 5.91 Å². The van der Waals surface area contributed by atoms with Crippen molar-refractivity contribution in [1.29, 1.82) is 0 Å². The quantitative estimate of drug-likeness (QED) is 0.608. The van der Waals surface area contributed by atoms with Crippen molar-refractivity contribution in [2.75, 3.05) is 7.11 Å². The highest BCUT2D eigenvalue weighted by Crippen LogP contribution is 2.05. The maximum atomic E-state index is 11.7. The minimum absolute atomic E-state index is 0.180. The average Bonchev–Trinajstić information content (AvgIpc) is 2.38. The molecular weight excluding hydrogens is 264 g/mol. The van der Waals surface area contributed by atoms with Gasteiger partial charge in [0.25, 0.3) is 0 Å². The summed E-state index contributed by atoms with van der Waals surface area (Å²) in [6, 6.07) is 6.41. The van der Waals surface area contributed by atoms with Crippen LogP contribution in [0.15, 0.2) is 24.3 Å². The molecule has 1 aromatic rings. The zero-order chi connectivity index (χ0) is 14.4. The van der Waals surface area contributed by atoms with Gasteiger partial charge in [-0.1, -0.05) is 36.5 Å². The van der Waals surface area contributed by atoms with Crippen LogP contribution in [0.1, 0.15) is 18.1 Å². The van der Waals surface area contributed by atoms with Gasteiger partial charge < -0.3 is 15.8 Å². The molecule has 0 radical (unpaired) electrons. The number of hydrogen-bond acceptors (Lipinski definition) is 4. The van der Waals surface area contributed by atoms with Crippen LogP contribution in [-0.4, -0.2) is 30.0 Å². The van der Waals surface area contributed by atoms with Crippen molar-refractivity contribution in [3.05, 3.63) is 35.4 Å². The Morgan fingerprint density at radius 3 is 2.42 bits per heavy atom. The van der Waals surface area contributed by atoms with Gasteiger partial charge in [-0.3, -0.25) is 4.79 Å². The molecule has 0 saturated carbocycles.